The van der Waals surface area contributed by atoms with Gasteiger partial charge in [0.15, 0.2) is 0 Å². The van der Waals surface area contributed by atoms with Crippen LogP contribution in [0.15, 0.2) is 69.6 Å². The minimum Gasteiger partial charge on any atom is -0.419 e. The lowest BCUT2D eigenvalue weighted by Crippen LogP contribution is -2.19. The Hall–Kier alpha value is -3.85. The summed E-state index contributed by atoms with van der Waals surface area (Å²) in [5.74, 6) is 1.68. The van der Waals surface area contributed by atoms with Crippen LogP contribution in [0, 0.1) is 10.1 Å². The van der Waals surface area contributed by atoms with Crippen molar-refractivity contribution in [1.29, 1.82) is 0 Å². The molecular formula is C22H21N5O4. The van der Waals surface area contributed by atoms with E-state index >= 15 is 0 Å². The quantitative estimate of drug-likeness (QED) is 0.290. The van der Waals surface area contributed by atoms with Gasteiger partial charge >= 0.3 is 0 Å². The highest BCUT2D eigenvalue weighted by atomic mass is 16.6. The minimum atomic E-state index is -0.445. The first-order valence-corrected chi connectivity index (χ1v) is 9.85. The number of nitrogens with zero attached hydrogens (tertiary/aromatic N) is 5. The molecule has 4 aromatic rings. The normalized spacial score (nSPS) is 11.2. The first kappa shape index (κ1) is 20.4. The van der Waals surface area contributed by atoms with Crippen molar-refractivity contribution < 1.29 is 13.9 Å². The Morgan fingerprint density at radius 1 is 1.03 bits per heavy atom. The van der Waals surface area contributed by atoms with E-state index in [9.17, 15) is 10.1 Å². The van der Waals surface area contributed by atoms with Crippen LogP contribution in [0.1, 0.15) is 18.1 Å². The number of aromatic nitrogens is 3. The van der Waals surface area contributed by atoms with Crippen LogP contribution in [-0.4, -0.2) is 38.8 Å². The van der Waals surface area contributed by atoms with Gasteiger partial charge < -0.3 is 8.94 Å². The van der Waals surface area contributed by atoms with Crippen molar-refractivity contribution in [1.82, 2.24) is 20.3 Å². The Labute approximate surface area is 178 Å². The van der Waals surface area contributed by atoms with Gasteiger partial charge in [-0.15, -0.1) is 10.2 Å². The van der Waals surface area contributed by atoms with Gasteiger partial charge in [0.1, 0.15) is 11.5 Å². The molecule has 158 valence electrons. The molecule has 0 bridgehead atoms. The fourth-order valence-electron chi connectivity index (χ4n) is 3.17. The van der Waals surface area contributed by atoms with Crippen molar-refractivity contribution in [3.63, 3.8) is 0 Å². The number of hydrogen-bond donors (Lipinski definition) is 0. The molecule has 9 heteroatoms. The van der Waals surface area contributed by atoms with Crippen molar-refractivity contribution in [2.45, 2.75) is 19.4 Å². The van der Waals surface area contributed by atoms with Gasteiger partial charge in [-0.2, -0.15) is 0 Å². The number of nitro benzene ring substituents is 1. The van der Waals surface area contributed by atoms with E-state index in [0.717, 1.165) is 36.4 Å². The molecule has 0 spiro atoms. The molecular weight excluding hydrogens is 398 g/mol. The van der Waals surface area contributed by atoms with Crippen LogP contribution in [0.3, 0.4) is 0 Å². The van der Waals surface area contributed by atoms with Crippen molar-refractivity contribution in [3.05, 3.63) is 82.4 Å². The van der Waals surface area contributed by atoms with Crippen LogP contribution in [0.25, 0.3) is 22.7 Å². The zero-order valence-electron chi connectivity index (χ0n) is 17.0. The Morgan fingerprint density at radius 3 is 2.55 bits per heavy atom. The maximum atomic E-state index is 10.8. The standard InChI is InChI=1S/C22H21N5O4/c1-26(13-5-8-19-14-20(25-31-19)16-6-3-2-4-7-16)15-21-23-24-22(30-21)17-9-11-18(12-10-17)27(28)29/h2-4,6-7,9-12,14H,5,8,13,15H2,1H3. The second-order valence-corrected chi connectivity index (χ2v) is 7.19. The van der Waals surface area contributed by atoms with E-state index in [0.29, 0.717) is 23.9 Å². The van der Waals surface area contributed by atoms with Crippen LogP contribution < -0.4 is 0 Å². The molecule has 0 radical (unpaired) electrons. The summed E-state index contributed by atoms with van der Waals surface area (Å²) in [6.07, 6.45) is 1.67. The van der Waals surface area contributed by atoms with Gasteiger partial charge in [0.2, 0.25) is 11.8 Å². The number of hydrogen-bond acceptors (Lipinski definition) is 8. The maximum Gasteiger partial charge on any atom is 0.269 e. The molecule has 31 heavy (non-hydrogen) atoms. The van der Waals surface area contributed by atoms with E-state index in [2.05, 4.69) is 20.3 Å². The van der Waals surface area contributed by atoms with Crippen LogP contribution in [0.2, 0.25) is 0 Å². The van der Waals surface area contributed by atoms with Crippen molar-refractivity contribution in [2.75, 3.05) is 13.6 Å². The summed E-state index contributed by atoms with van der Waals surface area (Å²) in [7, 11) is 1.98. The number of aryl methyl sites for hydroxylation is 1. The highest BCUT2D eigenvalue weighted by Gasteiger charge is 2.13. The average molecular weight is 419 g/mol. The Bertz CT molecular complexity index is 1140. The summed E-state index contributed by atoms with van der Waals surface area (Å²) < 4.78 is 11.1. The van der Waals surface area contributed by atoms with E-state index in [4.69, 9.17) is 8.94 Å². The highest BCUT2D eigenvalue weighted by molar-refractivity contribution is 5.58. The van der Waals surface area contributed by atoms with Crippen molar-refractivity contribution >= 4 is 5.69 Å². The average Bonchev–Trinajstić information content (AvgIpc) is 3.44. The fourth-order valence-corrected chi connectivity index (χ4v) is 3.17. The molecule has 0 aliphatic heterocycles. The van der Waals surface area contributed by atoms with Crippen LogP contribution in [0.5, 0.6) is 0 Å². The summed E-state index contributed by atoms with van der Waals surface area (Å²) in [6.45, 7) is 1.32. The molecule has 2 aromatic carbocycles. The molecule has 2 heterocycles. The molecule has 0 fully saturated rings. The van der Waals surface area contributed by atoms with Crippen molar-refractivity contribution in [2.24, 2.45) is 0 Å². The van der Waals surface area contributed by atoms with E-state index in [1.54, 1.807) is 12.1 Å². The Kier molecular flexibility index (Phi) is 6.13. The smallest absolute Gasteiger partial charge is 0.269 e. The molecule has 0 saturated heterocycles. The molecule has 0 atom stereocenters. The van der Waals surface area contributed by atoms with E-state index in [-0.39, 0.29) is 5.69 Å². The van der Waals surface area contributed by atoms with Gasteiger partial charge in [-0.3, -0.25) is 15.0 Å². The van der Waals surface area contributed by atoms with E-state index in [1.807, 2.05) is 43.4 Å². The maximum absolute atomic E-state index is 10.8. The number of rotatable bonds is 9. The van der Waals surface area contributed by atoms with Gasteiger partial charge in [0.25, 0.3) is 5.69 Å². The lowest BCUT2D eigenvalue weighted by Gasteiger charge is -2.13. The van der Waals surface area contributed by atoms with Gasteiger partial charge in [-0.1, -0.05) is 35.5 Å². The predicted molar refractivity (Wildman–Crippen MR) is 113 cm³/mol. The van der Waals surface area contributed by atoms with Crippen LogP contribution in [0.4, 0.5) is 5.69 Å². The summed E-state index contributed by atoms with van der Waals surface area (Å²) >= 11 is 0. The predicted octanol–water partition coefficient (Wildman–Crippen LogP) is 4.36. The number of benzene rings is 2. The molecule has 0 saturated carbocycles. The molecule has 0 aliphatic rings. The van der Waals surface area contributed by atoms with E-state index in [1.165, 1.54) is 12.1 Å². The van der Waals surface area contributed by atoms with Crippen LogP contribution in [-0.2, 0) is 13.0 Å². The Balaban J connectivity index is 1.26. The topological polar surface area (TPSA) is 111 Å². The molecule has 0 unspecified atom stereocenters. The molecule has 4 rings (SSSR count). The summed E-state index contributed by atoms with van der Waals surface area (Å²) in [4.78, 5) is 12.4. The van der Waals surface area contributed by atoms with E-state index < -0.39 is 4.92 Å². The zero-order chi connectivity index (χ0) is 21.6. The van der Waals surface area contributed by atoms with Gasteiger partial charge in [0.05, 0.1) is 11.5 Å². The highest BCUT2D eigenvalue weighted by Crippen LogP contribution is 2.22. The van der Waals surface area contributed by atoms with Gasteiger partial charge in [-0.25, -0.2) is 0 Å². The largest absolute Gasteiger partial charge is 0.419 e. The molecule has 2 aromatic heterocycles. The monoisotopic (exact) mass is 419 g/mol. The van der Waals surface area contributed by atoms with Crippen molar-refractivity contribution in [3.8, 4) is 22.7 Å². The third kappa shape index (κ3) is 5.20. The third-order valence-corrected chi connectivity index (χ3v) is 4.79. The number of non-ortho nitro benzene ring substituents is 1. The lowest BCUT2D eigenvalue weighted by atomic mass is 10.1. The fraction of sp³-hybridized carbons (Fsp3) is 0.227. The van der Waals surface area contributed by atoms with Gasteiger partial charge in [-0.05, 0) is 32.1 Å². The van der Waals surface area contributed by atoms with Gasteiger partial charge in [0, 0.05) is 35.7 Å². The summed E-state index contributed by atoms with van der Waals surface area (Å²) in [5.41, 5.74) is 2.54. The minimum absolute atomic E-state index is 0.0193. The second-order valence-electron chi connectivity index (χ2n) is 7.19. The molecule has 0 amide bonds. The lowest BCUT2D eigenvalue weighted by molar-refractivity contribution is -0.384. The molecule has 9 nitrogen and oxygen atoms in total. The van der Waals surface area contributed by atoms with Crippen LogP contribution >= 0.6 is 0 Å². The Morgan fingerprint density at radius 2 is 1.81 bits per heavy atom. The SMILES string of the molecule is CN(CCCc1cc(-c2ccccc2)no1)Cc1nnc(-c2ccc([N+](=O)[O-])cc2)o1. The first-order chi connectivity index (χ1) is 15.1. The molecule has 0 N–H and O–H groups in total. The zero-order valence-corrected chi connectivity index (χ0v) is 17.0. The number of nitro groups is 1. The second kappa shape index (κ2) is 9.31. The third-order valence-electron chi connectivity index (χ3n) is 4.79. The first-order valence-electron chi connectivity index (χ1n) is 9.85. The summed E-state index contributed by atoms with van der Waals surface area (Å²) in [5, 5.41) is 23.0. The summed E-state index contributed by atoms with van der Waals surface area (Å²) in [6, 6.07) is 17.9. The molecule has 0 aliphatic carbocycles.